The summed E-state index contributed by atoms with van der Waals surface area (Å²) in [6, 6.07) is 38.1. The van der Waals surface area contributed by atoms with Crippen LogP contribution in [0, 0.1) is 0 Å². The Morgan fingerprint density at radius 2 is 0.981 bits per heavy atom. The Labute approximate surface area is 308 Å². The summed E-state index contributed by atoms with van der Waals surface area (Å²) in [4.78, 5) is 29.0. The number of rotatable bonds is 8. The van der Waals surface area contributed by atoms with E-state index < -0.39 is 6.09 Å². The molecular formula is C42H42N4O7. The Kier molecular flexibility index (Phi) is 11.6. The van der Waals surface area contributed by atoms with E-state index in [1.54, 1.807) is 52.7 Å². The van der Waals surface area contributed by atoms with Crippen LogP contribution in [0.5, 0.6) is 28.7 Å². The molecular weight excluding hydrogens is 672 g/mol. The van der Waals surface area contributed by atoms with Gasteiger partial charge in [-0.3, -0.25) is 5.32 Å². The first kappa shape index (κ1) is 36.2. The highest BCUT2D eigenvalue weighted by Gasteiger charge is 2.23. The molecule has 1 aliphatic heterocycles. The Balaban J connectivity index is 0.000000192. The van der Waals surface area contributed by atoms with Gasteiger partial charge in [0.25, 0.3) is 0 Å². The molecule has 0 spiro atoms. The molecule has 6 aromatic carbocycles. The lowest BCUT2D eigenvalue weighted by Crippen LogP contribution is -2.50. The molecule has 0 unspecified atom stereocenters. The quantitative estimate of drug-likeness (QED) is 0.161. The third kappa shape index (κ3) is 9.01. The molecule has 1 heterocycles. The van der Waals surface area contributed by atoms with Crippen LogP contribution in [0.3, 0.4) is 0 Å². The molecule has 53 heavy (non-hydrogen) atoms. The number of anilines is 3. The average molecular weight is 715 g/mol. The zero-order valence-corrected chi connectivity index (χ0v) is 30.1. The van der Waals surface area contributed by atoms with Gasteiger partial charge in [0, 0.05) is 50.1 Å². The minimum Gasteiger partial charge on any atom is -0.497 e. The van der Waals surface area contributed by atoms with Crippen molar-refractivity contribution >= 4 is 50.7 Å². The van der Waals surface area contributed by atoms with Crippen molar-refractivity contribution in [3.8, 4) is 28.7 Å². The van der Waals surface area contributed by atoms with Crippen LogP contribution in [-0.2, 0) is 0 Å². The lowest BCUT2D eigenvalue weighted by atomic mass is 10.1. The molecule has 272 valence electrons. The number of fused-ring (bicyclic) bond motifs is 2. The second-order valence-electron chi connectivity index (χ2n) is 12.1. The topological polar surface area (TPSA) is 111 Å². The van der Waals surface area contributed by atoms with E-state index in [9.17, 15) is 9.59 Å². The van der Waals surface area contributed by atoms with Gasteiger partial charge in [-0.15, -0.1) is 0 Å². The molecule has 1 fully saturated rings. The third-order valence-electron chi connectivity index (χ3n) is 8.84. The molecule has 1 saturated heterocycles. The van der Waals surface area contributed by atoms with E-state index in [0.717, 1.165) is 51.8 Å². The van der Waals surface area contributed by atoms with Crippen LogP contribution in [0.4, 0.5) is 26.7 Å². The summed E-state index contributed by atoms with van der Waals surface area (Å²) in [5.41, 5.74) is 2.26. The highest BCUT2D eigenvalue weighted by molar-refractivity contribution is 5.97. The standard InChI is InChI=1S/C24H27N3O4.C18H15NO3/c1-29-20-14-19(15-21(16-20)30-2)26-8-10-27(11-9-26)24(28)25-22-12-17-6-4-5-7-18(17)13-23(22)31-3;1-21-17-12-14-8-6-5-7-13(14)11-16(17)19-18(20)22-15-9-3-2-4-10-15/h4-7,12-16H,8-11H2,1-3H3,(H,25,28);2-12H,1H3,(H,19,20). The van der Waals surface area contributed by atoms with Gasteiger partial charge in [0.15, 0.2) is 0 Å². The van der Waals surface area contributed by atoms with Gasteiger partial charge in [-0.05, 0) is 57.9 Å². The van der Waals surface area contributed by atoms with Crippen LogP contribution in [0.25, 0.3) is 21.5 Å². The maximum Gasteiger partial charge on any atom is 0.417 e. The number of nitrogens with one attached hydrogen (secondary N) is 2. The number of urea groups is 1. The normalized spacial score (nSPS) is 12.3. The van der Waals surface area contributed by atoms with Crippen molar-refractivity contribution in [1.29, 1.82) is 0 Å². The van der Waals surface area contributed by atoms with Crippen LogP contribution >= 0.6 is 0 Å². The van der Waals surface area contributed by atoms with Gasteiger partial charge in [-0.25, -0.2) is 9.59 Å². The van der Waals surface area contributed by atoms with Gasteiger partial charge in [-0.2, -0.15) is 0 Å². The highest BCUT2D eigenvalue weighted by atomic mass is 16.6. The summed E-state index contributed by atoms with van der Waals surface area (Å²) in [5.74, 6) is 3.22. The molecule has 0 saturated carbocycles. The van der Waals surface area contributed by atoms with Gasteiger partial charge in [0.1, 0.15) is 28.7 Å². The number of carbonyl (C=O) groups excluding carboxylic acids is 2. The van der Waals surface area contributed by atoms with Crippen LogP contribution in [0.15, 0.2) is 121 Å². The number of nitrogens with zero attached hydrogens (tertiary/aromatic N) is 2. The van der Waals surface area contributed by atoms with Crippen LogP contribution in [0.2, 0.25) is 0 Å². The minimum absolute atomic E-state index is 0.128. The molecule has 3 amide bonds. The van der Waals surface area contributed by atoms with E-state index in [1.165, 1.54) is 0 Å². The van der Waals surface area contributed by atoms with Crippen molar-refractivity contribution in [2.24, 2.45) is 0 Å². The summed E-state index contributed by atoms with van der Waals surface area (Å²) >= 11 is 0. The molecule has 0 radical (unpaired) electrons. The van der Waals surface area contributed by atoms with Crippen molar-refractivity contribution in [2.75, 3.05) is 70.2 Å². The van der Waals surface area contributed by atoms with Gasteiger partial charge < -0.3 is 38.8 Å². The second kappa shape index (κ2) is 17.1. The first-order valence-corrected chi connectivity index (χ1v) is 17.1. The van der Waals surface area contributed by atoms with Gasteiger partial charge in [-0.1, -0.05) is 66.7 Å². The zero-order valence-electron chi connectivity index (χ0n) is 30.1. The van der Waals surface area contributed by atoms with Crippen molar-refractivity contribution in [3.63, 3.8) is 0 Å². The number of ether oxygens (including phenoxy) is 5. The summed E-state index contributed by atoms with van der Waals surface area (Å²) in [7, 11) is 6.46. The first-order chi connectivity index (χ1) is 25.9. The Hall–Kier alpha value is -6.62. The number of methoxy groups -OCH3 is 4. The fourth-order valence-electron chi connectivity index (χ4n) is 6.04. The van der Waals surface area contributed by atoms with Crippen molar-refractivity contribution in [3.05, 3.63) is 121 Å². The molecule has 0 aromatic heterocycles. The molecule has 0 bridgehead atoms. The maximum atomic E-state index is 12.9. The maximum absolute atomic E-state index is 12.9. The molecule has 11 heteroatoms. The van der Waals surface area contributed by atoms with Crippen LogP contribution in [-0.4, -0.2) is 71.6 Å². The number of hydrogen-bond donors (Lipinski definition) is 2. The van der Waals surface area contributed by atoms with Crippen molar-refractivity contribution in [2.45, 2.75) is 0 Å². The minimum atomic E-state index is -0.556. The summed E-state index contributed by atoms with van der Waals surface area (Å²) in [6.45, 7) is 2.67. The van der Waals surface area contributed by atoms with Crippen LogP contribution in [0.1, 0.15) is 0 Å². The number of para-hydroxylation sites is 1. The third-order valence-corrected chi connectivity index (χ3v) is 8.84. The molecule has 0 atom stereocenters. The molecule has 7 rings (SSSR count). The fraction of sp³-hybridized carbons (Fsp3) is 0.190. The smallest absolute Gasteiger partial charge is 0.417 e. The SMILES string of the molecule is COc1cc(OC)cc(N2CCN(C(=O)Nc3cc4ccccc4cc3OC)CC2)c1.COc1cc2ccccc2cc1NC(=O)Oc1ccccc1. The highest BCUT2D eigenvalue weighted by Crippen LogP contribution is 2.33. The monoisotopic (exact) mass is 714 g/mol. The fourth-order valence-corrected chi connectivity index (χ4v) is 6.04. The van der Waals surface area contributed by atoms with E-state index >= 15 is 0 Å². The zero-order chi connectivity index (χ0) is 37.2. The van der Waals surface area contributed by atoms with Gasteiger partial charge in [0.2, 0.25) is 0 Å². The number of amides is 3. The van der Waals surface area contributed by atoms with Crippen LogP contribution < -0.4 is 39.2 Å². The first-order valence-electron chi connectivity index (χ1n) is 17.1. The molecule has 2 N–H and O–H groups in total. The molecule has 0 aliphatic carbocycles. The van der Waals surface area contributed by atoms with E-state index in [4.69, 9.17) is 23.7 Å². The summed E-state index contributed by atoms with van der Waals surface area (Å²) in [6.07, 6.45) is -0.556. The summed E-state index contributed by atoms with van der Waals surface area (Å²) < 4.78 is 26.8. The lowest BCUT2D eigenvalue weighted by molar-refractivity contribution is 0.208. The van der Waals surface area contributed by atoms with Gasteiger partial charge in [0.05, 0.1) is 39.8 Å². The Morgan fingerprint density at radius 3 is 1.47 bits per heavy atom. The molecule has 1 aliphatic rings. The predicted molar refractivity (Wildman–Crippen MR) is 209 cm³/mol. The molecule has 11 nitrogen and oxygen atoms in total. The average Bonchev–Trinajstić information content (AvgIpc) is 3.20. The second-order valence-corrected chi connectivity index (χ2v) is 12.1. The van der Waals surface area contributed by atoms with Crippen molar-refractivity contribution < 1.29 is 33.3 Å². The van der Waals surface area contributed by atoms with Crippen molar-refractivity contribution in [1.82, 2.24) is 4.90 Å². The Morgan fingerprint density at radius 1 is 0.509 bits per heavy atom. The van der Waals surface area contributed by atoms with Gasteiger partial charge >= 0.3 is 12.1 Å². The largest absolute Gasteiger partial charge is 0.497 e. The van der Waals surface area contributed by atoms with E-state index in [-0.39, 0.29) is 6.03 Å². The summed E-state index contributed by atoms with van der Waals surface area (Å²) in [5, 5.41) is 9.91. The number of hydrogen-bond acceptors (Lipinski definition) is 8. The van der Waals surface area contributed by atoms with E-state index in [0.29, 0.717) is 41.7 Å². The predicted octanol–water partition coefficient (Wildman–Crippen LogP) is 8.68. The number of carbonyl (C=O) groups is 2. The molecule has 6 aromatic rings. The lowest BCUT2D eigenvalue weighted by Gasteiger charge is -2.36. The Bertz CT molecular complexity index is 2160. The van der Waals surface area contributed by atoms with E-state index in [1.807, 2.05) is 102 Å². The number of benzene rings is 6. The number of piperazine rings is 1. The van der Waals surface area contributed by atoms with E-state index in [2.05, 4.69) is 15.5 Å².